The van der Waals surface area contributed by atoms with Crippen molar-refractivity contribution in [1.82, 2.24) is 20.4 Å². The Balaban J connectivity index is 0.00000312. The number of nitrogens with zero attached hydrogens (tertiary/aromatic N) is 4. The lowest BCUT2D eigenvalue weighted by Crippen LogP contribution is -2.37. The molecule has 0 bridgehead atoms. The minimum atomic E-state index is -0.174. The second-order valence-corrected chi connectivity index (χ2v) is 7.65. The Morgan fingerprint density at radius 2 is 2.28 bits per heavy atom. The zero-order valence-electron chi connectivity index (χ0n) is 14.7. The topological polar surface area (TPSA) is 75.8 Å². The van der Waals surface area contributed by atoms with E-state index in [0.717, 1.165) is 16.3 Å². The number of thiophene rings is 1. The molecule has 10 heteroatoms. The van der Waals surface area contributed by atoms with Gasteiger partial charge in [-0.05, 0) is 41.9 Å². The van der Waals surface area contributed by atoms with Crippen LogP contribution < -0.4 is 5.32 Å². The summed E-state index contributed by atoms with van der Waals surface area (Å²) in [4.78, 5) is 11.9. The molecule has 0 aliphatic rings. The van der Waals surface area contributed by atoms with E-state index in [2.05, 4.69) is 42.4 Å². The molecule has 25 heavy (non-hydrogen) atoms. The van der Waals surface area contributed by atoms with Crippen LogP contribution in [0.3, 0.4) is 0 Å². The van der Waals surface area contributed by atoms with Crippen LogP contribution in [-0.4, -0.2) is 41.7 Å². The van der Waals surface area contributed by atoms with E-state index in [1.54, 1.807) is 18.4 Å². The van der Waals surface area contributed by atoms with Crippen LogP contribution in [-0.2, 0) is 17.8 Å². The summed E-state index contributed by atoms with van der Waals surface area (Å²) in [7, 11) is 3.74. The summed E-state index contributed by atoms with van der Waals surface area (Å²) in [6.07, 6.45) is -0.174. The highest BCUT2D eigenvalue weighted by Crippen LogP contribution is 2.23. The van der Waals surface area contributed by atoms with E-state index in [0.29, 0.717) is 24.9 Å². The maximum Gasteiger partial charge on any atom is 0.246 e. The van der Waals surface area contributed by atoms with Crippen molar-refractivity contribution in [2.75, 3.05) is 20.7 Å². The number of hydrogen-bond acceptors (Lipinski definition) is 6. The average Bonchev–Trinajstić information content (AvgIpc) is 3.17. The van der Waals surface area contributed by atoms with Gasteiger partial charge >= 0.3 is 0 Å². The van der Waals surface area contributed by atoms with Crippen LogP contribution >= 0.6 is 51.2 Å². The van der Waals surface area contributed by atoms with Crippen molar-refractivity contribution in [3.8, 4) is 0 Å². The molecule has 2 rings (SSSR count). The summed E-state index contributed by atoms with van der Waals surface area (Å²) >= 11 is 5.19. The fraction of sp³-hybridized carbons (Fsp3) is 0.533. The van der Waals surface area contributed by atoms with Crippen LogP contribution in [0.2, 0.25) is 0 Å². The lowest BCUT2D eigenvalue weighted by atomic mass is 10.4. The fourth-order valence-electron chi connectivity index (χ4n) is 2.11. The quantitative estimate of drug-likeness (QED) is 0.325. The van der Waals surface area contributed by atoms with Gasteiger partial charge in [0.15, 0.2) is 11.8 Å². The van der Waals surface area contributed by atoms with Gasteiger partial charge in [-0.15, -0.1) is 35.3 Å². The van der Waals surface area contributed by atoms with Crippen molar-refractivity contribution in [1.29, 1.82) is 0 Å². The highest BCUT2D eigenvalue weighted by atomic mass is 127. The first kappa shape index (κ1) is 22.3. The predicted octanol–water partition coefficient (Wildman–Crippen LogP) is 3.82. The molecular weight excluding hydrogens is 521 g/mol. The van der Waals surface area contributed by atoms with Crippen LogP contribution in [0.4, 0.5) is 0 Å². The highest BCUT2D eigenvalue weighted by Gasteiger charge is 2.15. The number of aromatic nitrogens is 2. The monoisotopic (exact) mass is 543 g/mol. The normalized spacial score (nSPS) is 12.6. The molecule has 2 aromatic heterocycles. The van der Waals surface area contributed by atoms with E-state index >= 15 is 0 Å². The molecule has 0 spiro atoms. The second kappa shape index (κ2) is 11.1. The van der Waals surface area contributed by atoms with Gasteiger partial charge in [0.05, 0.1) is 16.9 Å². The van der Waals surface area contributed by atoms with Crippen molar-refractivity contribution in [2.24, 2.45) is 4.99 Å². The summed E-state index contributed by atoms with van der Waals surface area (Å²) < 4.78 is 11.8. The Morgan fingerprint density at radius 3 is 2.88 bits per heavy atom. The second-order valence-electron chi connectivity index (χ2n) is 5.11. The van der Waals surface area contributed by atoms with E-state index in [1.165, 1.54) is 4.88 Å². The number of halogens is 2. The Labute approximate surface area is 177 Å². The number of aliphatic imine (C=N–C) groups is 1. The SMILES string of the molecule is CCOC(C)c1noc(CNC(=NC)N(C)Cc2ccc(Br)s2)n1.I. The van der Waals surface area contributed by atoms with Gasteiger partial charge in [-0.2, -0.15) is 4.98 Å². The Kier molecular flexibility index (Phi) is 9.90. The summed E-state index contributed by atoms with van der Waals surface area (Å²) in [5, 5.41) is 7.17. The Bertz CT molecular complexity index is 678. The van der Waals surface area contributed by atoms with E-state index in [-0.39, 0.29) is 30.1 Å². The van der Waals surface area contributed by atoms with Crippen LogP contribution in [0.25, 0.3) is 0 Å². The summed E-state index contributed by atoms with van der Waals surface area (Å²) in [5.41, 5.74) is 0. The highest BCUT2D eigenvalue weighted by molar-refractivity contribution is 14.0. The molecule has 0 aliphatic heterocycles. The van der Waals surface area contributed by atoms with Crippen molar-refractivity contribution >= 4 is 57.2 Å². The molecule has 0 aromatic carbocycles. The first-order valence-corrected chi connectivity index (χ1v) is 9.24. The van der Waals surface area contributed by atoms with Crippen LogP contribution in [0.5, 0.6) is 0 Å². The number of nitrogens with one attached hydrogen (secondary N) is 1. The minimum absolute atomic E-state index is 0. The first-order valence-electron chi connectivity index (χ1n) is 7.63. The fourth-order valence-corrected chi connectivity index (χ4v) is 3.65. The van der Waals surface area contributed by atoms with Gasteiger partial charge < -0.3 is 19.5 Å². The van der Waals surface area contributed by atoms with Gasteiger partial charge in [-0.25, -0.2) is 0 Å². The molecule has 1 atom stereocenters. The maximum atomic E-state index is 5.45. The van der Waals surface area contributed by atoms with E-state index in [4.69, 9.17) is 9.26 Å². The van der Waals surface area contributed by atoms with E-state index in [1.807, 2.05) is 31.9 Å². The summed E-state index contributed by atoms with van der Waals surface area (Å²) in [5.74, 6) is 1.82. The molecule has 2 aromatic rings. The minimum Gasteiger partial charge on any atom is -0.371 e. The molecule has 7 nitrogen and oxygen atoms in total. The van der Waals surface area contributed by atoms with E-state index in [9.17, 15) is 0 Å². The molecule has 0 fully saturated rings. The van der Waals surface area contributed by atoms with Crippen LogP contribution in [0.1, 0.15) is 36.5 Å². The van der Waals surface area contributed by atoms with Crippen molar-refractivity contribution in [3.05, 3.63) is 32.5 Å². The summed E-state index contributed by atoms with van der Waals surface area (Å²) in [6, 6.07) is 4.14. The first-order chi connectivity index (χ1) is 11.5. The number of ether oxygens (including phenoxy) is 1. The summed E-state index contributed by atoms with van der Waals surface area (Å²) in [6.45, 7) is 5.63. The van der Waals surface area contributed by atoms with Crippen LogP contribution in [0.15, 0.2) is 25.4 Å². The van der Waals surface area contributed by atoms with Crippen molar-refractivity contribution < 1.29 is 9.26 Å². The lowest BCUT2D eigenvalue weighted by molar-refractivity contribution is 0.0683. The standard InChI is InChI=1S/C15H22BrN5O2S.HI/c1-5-22-10(2)14-19-13(23-20-14)8-18-15(17-3)21(4)9-11-6-7-12(16)24-11;/h6-7,10H,5,8-9H2,1-4H3,(H,17,18);1H. The largest absolute Gasteiger partial charge is 0.371 e. The third-order valence-electron chi connectivity index (χ3n) is 3.26. The zero-order valence-corrected chi connectivity index (χ0v) is 19.4. The zero-order chi connectivity index (χ0) is 17.5. The van der Waals surface area contributed by atoms with Crippen LogP contribution in [0, 0.1) is 0 Å². The van der Waals surface area contributed by atoms with Crippen molar-refractivity contribution in [3.63, 3.8) is 0 Å². The smallest absolute Gasteiger partial charge is 0.246 e. The molecule has 0 radical (unpaired) electrons. The van der Waals surface area contributed by atoms with Crippen molar-refractivity contribution in [2.45, 2.75) is 33.0 Å². The molecule has 0 saturated heterocycles. The predicted molar refractivity (Wildman–Crippen MR) is 113 cm³/mol. The van der Waals surface area contributed by atoms with Gasteiger partial charge in [-0.3, -0.25) is 4.99 Å². The molecule has 1 N–H and O–H groups in total. The Hall–Kier alpha value is -0.720. The van der Waals surface area contributed by atoms with Gasteiger partial charge in [0, 0.05) is 25.6 Å². The third-order valence-corrected chi connectivity index (χ3v) is 4.87. The Morgan fingerprint density at radius 1 is 1.52 bits per heavy atom. The lowest BCUT2D eigenvalue weighted by Gasteiger charge is -2.20. The number of hydrogen-bond donors (Lipinski definition) is 1. The van der Waals surface area contributed by atoms with E-state index < -0.39 is 0 Å². The third kappa shape index (κ3) is 6.83. The van der Waals surface area contributed by atoms with Gasteiger partial charge in [0.2, 0.25) is 5.89 Å². The molecule has 140 valence electrons. The maximum absolute atomic E-state index is 5.45. The van der Waals surface area contributed by atoms with Gasteiger partial charge in [0.25, 0.3) is 0 Å². The van der Waals surface area contributed by atoms with Gasteiger partial charge in [-0.1, -0.05) is 5.16 Å². The molecular formula is C15H23BrIN5O2S. The average molecular weight is 544 g/mol. The number of rotatable bonds is 7. The van der Waals surface area contributed by atoms with Gasteiger partial charge in [0.1, 0.15) is 6.10 Å². The number of guanidine groups is 1. The molecule has 2 heterocycles. The molecule has 0 saturated carbocycles. The molecule has 1 unspecified atom stereocenters. The molecule has 0 aliphatic carbocycles. The molecule has 0 amide bonds.